The molecular weight excluding hydrogens is 198 g/mol. The molecule has 1 heterocycles. The third kappa shape index (κ3) is 4.33. The Labute approximate surface area is 89.9 Å². The van der Waals surface area contributed by atoms with E-state index in [-0.39, 0.29) is 11.2 Å². The Balaban J connectivity index is 2.13. The van der Waals surface area contributed by atoms with Crippen LogP contribution < -0.4 is 5.48 Å². The summed E-state index contributed by atoms with van der Waals surface area (Å²) >= 11 is 1.74. The van der Waals surface area contributed by atoms with E-state index >= 15 is 0 Å². The van der Waals surface area contributed by atoms with Crippen LogP contribution in [0.25, 0.3) is 0 Å². The van der Waals surface area contributed by atoms with Gasteiger partial charge in [0.15, 0.2) is 0 Å². The third-order valence-electron chi connectivity index (χ3n) is 2.06. The minimum absolute atomic E-state index is 0.0374. The van der Waals surface area contributed by atoms with Crippen LogP contribution in [0, 0.1) is 5.92 Å². The van der Waals surface area contributed by atoms with Crippen LogP contribution in [0.3, 0.4) is 0 Å². The smallest absolute Gasteiger partial charge is 0.256 e. The second-order valence-electron chi connectivity index (χ2n) is 4.03. The highest BCUT2D eigenvalue weighted by molar-refractivity contribution is 8.00. The first-order chi connectivity index (χ1) is 6.70. The van der Waals surface area contributed by atoms with E-state index in [0.717, 1.165) is 18.6 Å². The normalized spacial score (nSPS) is 22.4. The monoisotopic (exact) mass is 217 g/mol. The molecule has 1 saturated heterocycles. The number of carbonyl (C=O) groups excluding carboxylic acids is 1. The maximum Gasteiger partial charge on any atom is 0.256 e. The quantitative estimate of drug-likeness (QED) is 0.732. The highest BCUT2D eigenvalue weighted by Crippen LogP contribution is 2.24. The van der Waals surface area contributed by atoms with Crippen molar-refractivity contribution in [2.75, 3.05) is 12.4 Å². The number of hydrogen-bond acceptors (Lipinski definition) is 3. The van der Waals surface area contributed by atoms with Gasteiger partial charge in [-0.3, -0.25) is 9.63 Å². The van der Waals surface area contributed by atoms with E-state index in [2.05, 4.69) is 19.3 Å². The maximum atomic E-state index is 11.5. The first-order valence-corrected chi connectivity index (χ1v) is 6.28. The molecule has 1 rings (SSSR count). The second-order valence-corrected chi connectivity index (χ2v) is 5.34. The molecule has 1 aliphatic rings. The lowest BCUT2D eigenvalue weighted by molar-refractivity contribution is -0.134. The van der Waals surface area contributed by atoms with Crippen LogP contribution in [-0.2, 0) is 9.63 Å². The minimum Gasteiger partial charge on any atom is -0.273 e. The average molecular weight is 217 g/mol. The fraction of sp³-hybridized carbons (Fsp3) is 0.900. The molecule has 0 spiro atoms. The average Bonchev–Trinajstić information content (AvgIpc) is 2.18. The van der Waals surface area contributed by atoms with Gasteiger partial charge in [-0.05, 0) is 24.5 Å². The van der Waals surface area contributed by atoms with E-state index in [1.165, 1.54) is 6.42 Å². The van der Waals surface area contributed by atoms with Gasteiger partial charge in [0.05, 0.1) is 11.9 Å². The number of amides is 1. The summed E-state index contributed by atoms with van der Waals surface area (Å²) in [5, 5.41) is 0.107. The Morgan fingerprint density at radius 2 is 2.36 bits per heavy atom. The summed E-state index contributed by atoms with van der Waals surface area (Å²) in [6.07, 6.45) is 3.39. The number of hydroxylamine groups is 1. The van der Waals surface area contributed by atoms with Crippen LogP contribution in [0.15, 0.2) is 0 Å². The van der Waals surface area contributed by atoms with Crippen molar-refractivity contribution in [1.29, 1.82) is 0 Å². The van der Waals surface area contributed by atoms with E-state index in [4.69, 9.17) is 4.84 Å². The van der Waals surface area contributed by atoms with Crippen LogP contribution in [0.2, 0.25) is 0 Å². The summed E-state index contributed by atoms with van der Waals surface area (Å²) in [6, 6.07) is 0. The maximum absolute atomic E-state index is 11.5. The van der Waals surface area contributed by atoms with Gasteiger partial charge in [0.25, 0.3) is 5.91 Å². The zero-order valence-corrected chi connectivity index (χ0v) is 9.73. The molecule has 0 aromatic heterocycles. The number of nitrogens with one attached hydrogen (secondary N) is 1. The molecular formula is C10H19NO2S. The zero-order chi connectivity index (χ0) is 10.4. The molecule has 1 amide bonds. The predicted molar refractivity (Wildman–Crippen MR) is 59.0 cm³/mol. The first kappa shape index (κ1) is 11.9. The van der Waals surface area contributed by atoms with Gasteiger partial charge in [-0.2, -0.15) is 0 Å². The largest absolute Gasteiger partial charge is 0.273 e. The highest BCUT2D eigenvalue weighted by Gasteiger charge is 2.21. The third-order valence-corrected chi connectivity index (χ3v) is 3.44. The van der Waals surface area contributed by atoms with Gasteiger partial charge in [-0.1, -0.05) is 20.3 Å². The summed E-state index contributed by atoms with van der Waals surface area (Å²) in [7, 11) is 0. The first-order valence-electron chi connectivity index (χ1n) is 5.23. The van der Waals surface area contributed by atoms with Gasteiger partial charge in [-0.25, -0.2) is 5.48 Å². The van der Waals surface area contributed by atoms with Crippen molar-refractivity contribution >= 4 is 17.7 Å². The van der Waals surface area contributed by atoms with Crippen LogP contribution in [0.5, 0.6) is 0 Å². The molecule has 0 aromatic carbocycles. The topological polar surface area (TPSA) is 38.3 Å². The van der Waals surface area contributed by atoms with Crippen molar-refractivity contribution < 1.29 is 9.63 Å². The molecule has 1 N–H and O–H groups in total. The van der Waals surface area contributed by atoms with Crippen molar-refractivity contribution in [2.24, 2.45) is 5.92 Å². The number of carbonyl (C=O) groups is 1. The molecule has 0 aromatic rings. The fourth-order valence-corrected chi connectivity index (χ4v) is 2.48. The Morgan fingerprint density at radius 1 is 1.57 bits per heavy atom. The van der Waals surface area contributed by atoms with E-state index in [0.29, 0.717) is 12.5 Å². The molecule has 0 saturated carbocycles. The summed E-state index contributed by atoms with van der Waals surface area (Å²) in [5.41, 5.74) is 2.52. The molecule has 1 atom stereocenters. The van der Waals surface area contributed by atoms with E-state index in [1.54, 1.807) is 11.8 Å². The lowest BCUT2D eigenvalue weighted by Crippen LogP contribution is -2.35. The van der Waals surface area contributed by atoms with Gasteiger partial charge in [0, 0.05) is 0 Å². The fourth-order valence-electron chi connectivity index (χ4n) is 1.29. The van der Waals surface area contributed by atoms with Crippen molar-refractivity contribution in [3.8, 4) is 0 Å². The number of hydrogen-bond donors (Lipinski definition) is 1. The lowest BCUT2D eigenvalue weighted by atomic mass is 10.2. The molecule has 0 aliphatic carbocycles. The Kier molecular flexibility index (Phi) is 5.33. The van der Waals surface area contributed by atoms with Gasteiger partial charge in [0.2, 0.25) is 0 Å². The second kappa shape index (κ2) is 6.30. The summed E-state index contributed by atoms with van der Waals surface area (Å²) < 4.78 is 0. The molecule has 1 fully saturated rings. The highest BCUT2D eigenvalue weighted by atomic mass is 32.2. The predicted octanol–water partition coefficient (Wildman–Crippen LogP) is 1.98. The van der Waals surface area contributed by atoms with Crippen LogP contribution >= 0.6 is 11.8 Å². The van der Waals surface area contributed by atoms with Crippen LogP contribution in [0.4, 0.5) is 0 Å². The summed E-state index contributed by atoms with van der Waals surface area (Å²) in [6.45, 7) is 4.70. The Morgan fingerprint density at radius 3 is 2.93 bits per heavy atom. The lowest BCUT2D eigenvalue weighted by Gasteiger charge is -2.20. The summed E-state index contributed by atoms with van der Waals surface area (Å²) in [4.78, 5) is 16.6. The van der Waals surface area contributed by atoms with E-state index in [1.807, 2.05) is 0 Å². The molecule has 0 radical (unpaired) electrons. The van der Waals surface area contributed by atoms with Crippen LogP contribution in [0.1, 0.15) is 33.1 Å². The van der Waals surface area contributed by atoms with Crippen molar-refractivity contribution in [2.45, 2.75) is 38.4 Å². The van der Waals surface area contributed by atoms with Gasteiger partial charge in [-0.15, -0.1) is 11.8 Å². The molecule has 4 heteroatoms. The van der Waals surface area contributed by atoms with Crippen LogP contribution in [-0.4, -0.2) is 23.5 Å². The van der Waals surface area contributed by atoms with Gasteiger partial charge in [0.1, 0.15) is 0 Å². The zero-order valence-electron chi connectivity index (χ0n) is 8.91. The standard InChI is InChI=1S/C10H19NO2S/c1-8(2)7-13-11-10(12)9-5-3-4-6-14-9/h8-9H,3-7H2,1-2H3,(H,11,12). The van der Waals surface area contributed by atoms with Crippen molar-refractivity contribution in [3.05, 3.63) is 0 Å². The van der Waals surface area contributed by atoms with Crippen molar-refractivity contribution in [3.63, 3.8) is 0 Å². The number of rotatable bonds is 4. The molecule has 0 bridgehead atoms. The minimum atomic E-state index is 0.0374. The summed E-state index contributed by atoms with van der Waals surface area (Å²) in [5.74, 6) is 1.59. The Hall–Kier alpha value is -0.220. The van der Waals surface area contributed by atoms with E-state index < -0.39 is 0 Å². The molecule has 3 nitrogen and oxygen atoms in total. The van der Waals surface area contributed by atoms with Gasteiger partial charge >= 0.3 is 0 Å². The van der Waals surface area contributed by atoms with Crippen molar-refractivity contribution in [1.82, 2.24) is 5.48 Å². The molecule has 82 valence electrons. The molecule has 1 unspecified atom stereocenters. The van der Waals surface area contributed by atoms with E-state index in [9.17, 15) is 4.79 Å². The Bertz CT molecular complexity index is 179. The SMILES string of the molecule is CC(C)CONC(=O)C1CCCCS1. The van der Waals surface area contributed by atoms with Gasteiger partial charge < -0.3 is 0 Å². The number of thioether (sulfide) groups is 1. The molecule has 14 heavy (non-hydrogen) atoms. The molecule has 1 aliphatic heterocycles.